The van der Waals surface area contributed by atoms with Gasteiger partial charge in [0.1, 0.15) is 0 Å². The molecule has 0 saturated heterocycles. The number of hydrogen-bond acceptors (Lipinski definition) is 4. The first-order valence-electron chi connectivity index (χ1n) is 7.27. The van der Waals surface area contributed by atoms with E-state index in [2.05, 4.69) is 17.1 Å². The van der Waals surface area contributed by atoms with Crippen LogP contribution in [0.3, 0.4) is 0 Å². The van der Waals surface area contributed by atoms with E-state index in [0.29, 0.717) is 0 Å². The van der Waals surface area contributed by atoms with Gasteiger partial charge in [-0.2, -0.15) is 8.42 Å². The van der Waals surface area contributed by atoms with E-state index >= 15 is 0 Å². The fourth-order valence-corrected chi connectivity index (χ4v) is 3.10. The Kier molecular flexibility index (Phi) is 5.12. The van der Waals surface area contributed by atoms with Crippen LogP contribution in [0.1, 0.15) is 43.9 Å². The lowest BCUT2D eigenvalue weighted by Gasteiger charge is -2.03. The second-order valence-electron chi connectivity index (χ2n) is 5.19. The molecule has 0 aliphatic rings. The van der Waals surface area contributed by atoms with Gasteiger partial charge in [0, 0.05) is 0 Å². The third-order valence-corrected chi connectivity index (χ3v) is 4.81. The number of nitrogens with zero attached hydrogens (tertiary/aromatic N) is 3. The Labute approximate surface area is 126 Å². The van der Waals surface area contributed by atoms with Crippen molar-refractivity contribution >= 4 is 10.0 Å². The molecule has 0 N–H and O–H groups in total. The van der Waals surface area contributed by atoms with Gasteiger partial charge in [0.05, 0.1) is 16.8 Å². The van der Waals surface area contributed by atoms with E-state index in [-0.39, 0.29) is 4.90 Å². The zero-order valence-electron chi connectivity index (χ0n) is 12.5. The fourth-order valence-electron chi connectivity index (χ4n) is 2.05. The topological polar surface area (TPSA) is 64.8 Å². The molecule has 0 aliphatic heterocycles. The van der Waals surface area contributed by atoms with Crippen LogP contribution in [0.5, 0.6) is 0 Å². The zero-order valence-corrected chi connectivity index (χ0v) is 13.3. The molecule has 21 heavy (non-hydrogen) atoms. The second-order valence-corrected chi connectivity index (χ2v) is 6.94. The van der Waals surface area contributed by atoms with Gasteiger partial charge >= 0.3 is 0 Å². The maximum absolute atomic E-state index is 12.4. The fraction of sp³-hybridized carbons (Fsp3) is 0.467. The SMILES string of the molecule is CCCCCCc1cnn(S(=O)(=O)c2ccc(C)cc2)n1. The number of benzene rings is 1. The minimum absolute atomic E-state index is 0.209. The Hall–Kier alpha value is -1.69. The average Bonchev–Trinajstić information content (AvgIpc) is 2.94. The van der Waals surface area contributed by atoms with Gasteiger partial charge in [-0.3, -0.25) is 0 Å². The summed E-state index contributed by atoms with van der Waals surface area (Å²) in [7, 11) is -3.68. The molecular weight excluding hydrogens is 286 g/mol. The molecule has 0 amide bonds. The number of hydrogen-bond donors (Lipinski definition) is 0. The van der Waals surface area contributed by atoms with Crippen molar-refractivity contribution in [3.05, 3.63) is 41.7 Å². The summed E-state index contributed by atoms with van der Waals surface area (Å²) in [4.78, 5) is 0.209. The summed E-state index contributed by atoms with van der Waals surface area (Å²) in [5.41, 5.74) is 1.74. The summed E-state index contributed by atoms with van der Waals surface area (Å²) in [6, 6.07) is 6.69. The maximum atomic E-state index is 12.4. The summed E-state index contributed by atoms with van der Waals surface area (Å²) in [6.07, 6.45) is 6.82. The van der Waals surface area contributed by atoms with Gasteiger partial charge in [0.2, 0.25) is 0 Å². The predicted molar refractivity (Wildman–Crippen MR) is 81.6 cm³/mol. The molecule has 0 unspecified atom stereocenters. The quantitative estimate of drug-likeness (QED) is 0.738. The summed E-state index contributed by atoms with van der Waals surface area (Å²) < 4.78 is 25.6. The molecule has 0 saturated carbocycles. The van der Waals surface area contributed by atoms with Crippen molar-refractivity contribution in [1.29, 1.82) is 0 Å². The normalized spacial score (nSPS) is 11.7. The van der Waals surface area contributed by atoms with Crippen molar-refractivity contribution in [2.75, 3.05) is 0 Å². The van der Waals surface area contributed by atoms with Crippen LogP contribution in [0.4, 0.5) is 0 Å². The van der Waals surface area contributed by atoms with Gasteiger partial charge in [-0.15, -0.1) is 10.2 Å². The molecule has 0 bridgehead atoms. The van der Waals surface area contributed by atoms with Gasteiger partial charge in [-0.25, -0.2) is 0 Å². The number of aryl methyl sites for hydroxylation is 2. The third kappa shape index (κ3) is 3.91. The largest absolute Gasteiger partial charge is 0.299 e. The third-order valence-electron chi connectivity index (χ3n) is 3.34. The van der Waals surface area contributed by atoms with Crippen LogP contribution in [-0.2, 0) is 16.4 Å². The van der Waals surface area contributed by atoms with Crippen LogP contribution < -0.4 is 0 Å². The molecular formula is C15H21N3O2S. The highest BCUT2D eigenvalue weighted by molar-refractivity contribution is 7.89. The lowest BCUT2D eigenvalue weighted by atomic mass is 10.1. The molecule has 5 nitrogen and oxygen atoms in total. The van der Waals surface area contributed by atoms with Crippen LogP contribution in [-0.4, -0.2) is 22.8 Å². The highest BCUT2D eigenvalue weighted by Gasteiger charge is 2.19. The van der Waals surface area contributed by atoms with Crippen LogP contribution in [0, 0.1) is 6.92 Å². The van der Waals surface area contributed by atoms with Crippen molar-refractivity contribution in [2.45, 2.75) is 50.8 Å². The molecule has 1 aromatic heterocycles. The monoisotopic (exact) mass is 307 g/mol. The molecule has 0 spiro atoms. The zero-order chi connectivity index (χ0) is 15.3. The Morgan fingerprint density at radius 2 is 1.81 bits per heavy atom. The molecule has 2 rings (SSSR count). The lowest BCUT2D eigenvalue weighted by molar-refractivity contribution is 0.567. The van der Waals surface area contributed by atoms with Crippen molar-refractivity contribution < 1.29 is 8.42 Å². The van der Waals surface area contributed by atoms with E-state index in [9.17, 15) is 8.42 Å². The number of aromatic nitrogens is 3. The summed E-state index contributed by atoms with van der Waals surface area (Å²) in [6.45, 7) is 4.07. The molecule has 0 atom stereocenters. The first-order valence-corrected chi connectivity index (χ1v) is 8.71. The van der Waals surface area contributed by atoms with E-state index < -0.39 is 10.0 Å². The van der Waals surface area contributed by atoms with Crippen molar-refractivity contribution in [2.24, 2.45) is 0 Å². The van der Waals surface area contributed by atoms with E-state index in [1.165, 1.54) is 19.0 Å². The smallest absolute Gasteiger partial charge is 0.198 e. The Morgan fingerprint density at radius 3 is 2.48 bits per heavy atom. The minimum atomic E-state index is -3.68. The van der Waals surface area contributed by atoms with Gasteiger partial charge < -0.3 is 0 Å². The van der Waals surface area contributed by atoms with Gasteiger partial charge in [0.25, 0.3) is 10.0 Å². The van der Waals surface area contributed by atoms with E-state index in [0.717, 1.165) is 34.7 Å². The van der Waals surface area contributed by atoms with Crippen LogP contribution in [0.15, 0.2) is 35.4 Å². The Balaban J connectivity index is 2.10. The predicted octanol–water partition coefficient (Wildman–Crippen LogP) is 2.95. The Bertz CT molecular complexity index is 675. The van der Waals surface area contributed by atoms with E-state index in [4.69, 9.17) is 0 Å². The van der Waals surface area contributed by atoms with Gasteiger partial charge in [-0.1, -0.05) is 48.1 Å². The maximum Gasteiger partial charge on any atom is 0.299 e. The summed E-state index contributed by atoms with van der Waals surface area (Å²) >= 11 is 0. The molecule has 6 heteroatoms. The highest BCUT2D eigenvalue weighted by Crippen LogP contribution is 2.13. The first-order chi connectivity index (χ1) is 10.0. The van der Waals surface area contributed by atoms with Gasteiger partial charge in [0.15, 0.2) is 0 Å². The van der Waals surface area contributed by atoms with Crippen LogP contribution in [0.25, 0.3) is 0 Å². The summed E-state index contributed by atoms with van der Waals surface area (Å²) in [5.74, 6) is 0. The molecule has 114 valence electrons. The molecule has 1 heterocycles. The van der Waals surface area contributed by atoms with E-state index in [1.54, 1.807) is 24.3 Å². The van der Waals surface area contributed by atoms with E-state index in [1.807, 2.05) is 6.92 Å². The lowest BCUT2D eigenvalue weighted by Crippen LogP contribution is -2.16. The number of unbranched alkanes of at least 4 members (excludes halogenated alkanes) is 3. The standard InChI is InChI=1S/C15H21N3O2S/c1-3-4-5-6-7-14-12-16-18(17-14)21(19,20)15-10-8-13(2)9-11-15/h8-12H,3-7H2,1-2H3. The second kappa shape index (κ2) is 6.85. The van der Waals surface area contributed by atoms with Crippen LogP contribution in [0.2, 0.25) is 0 Å². The number of rotatable bonds is 7. The molecule has 1 aromatic carbocycles. The Morgan fingerprint density at radius 1 is 1.10 bits per heavy atom. The van der Waals surface area contributed by atoms with Crippen molar-refractivity contribution in [1.82, 2.24) is 14.4 Å². The minimum Gasteiger partial charge on any atom is -0.198 e. The van der Waals surface area contributed by atoms with Crippen molar-refractivity contribution in [3.8, 4) is 0 Å². The van der Waals surface area contributed by atoms with Gasteiger partial charge in [-0.05, 0) is 31.9 Å². The molecule has 0 aliphatic carbocycles. The molecule has 0 radical (unpaired) electrons. The van der Waals surface area contributed by atoms with Crippen LogP contribution >= 0.6 is 0 Å². The van der Waals surface area contributed by atoms with Crippen molar-refractivity contribution in [3.63, 3.8) is 0 Å². The summed E-state index contributed by atoms with van der Waals surface area (Å²) in [5, 5.41) is 8.00. The first kappa shape index (κ1) is 15.7. The molecule has 2 aromatic rings. The average molecular weight is 307 g/mol. The highest BCUT2D eigenvalue weighted by atomic mass is 32.2. The molecule has 0 fully saturated rings.